The van der Waals surface area contributed by atoms with Crippen molar-refractivity contribution in [3.05, 3.63) is 66.0 Å². The Morgan fingerprint density at radius 3 is 2.67 bits per heavy atom. The molecule has 1 saturated carbocycles. The van der Waals surface area contributed by atoms with Crippen LogP contribution in [0.5, 0.6) is 0 Å². The normalized spacial score (nSPS) is 19.7. The van der Waals surface area contributed by atoms with Crippen LogP contribution < -0.4 is 5.32 Å². The number of hydrogen-bond acceptors (Lipinski definition) is 6. The Hall–Kier alpha value is -3.46. The number of sulfone groups is 1. The molecule has 1 atom stereocenters. The lowest BCUT2D eigenvalue weighted by molar-refractivity contribution is 0.102. The highest BCUT2D eigenvalue weighted by molar-refractivity contribution is 7.91. The zero-order chi connectivity index (χ0) is 22.6. The van der Waals surface area contributed by atoms with Gasteiger partial charge in [0.15, 0.2) is 21.1 Å². The van der Waals surface area contributed by atoms with Gasteiger partial charge in [0.2, 0.25) is 5.89 Å². The van der Waals surface area contributed by atoms with Crippen molar-refractivity contribution in [2.45, 2.75) is 31.2 Å². The number of fused-ring (bicyclic) bond motifs is 1. The minimum atomic E-state index is -3.04. The number of benzene rings is 2. The summed E-state index contributed by atoms with van der Waals surface area (Å²) in [4.78, 5) is 17.5. The zero-order valence-electron chi connectivity index (χ0n) is 17.8. The average Bonchev–Trinajstić information content (AvgIpc) is 3.24. The van der Waals surface area contributed by atoms with Gasteiger partial charge in [-0.2, -0.15) is 5.10 Å². The number of rotatable bonds is 5. The van der Waals surface area contributed by atoms with Crippen molar-refractivity contribution in [3.63, 3.8) is 0 Å². The molecular weight excluding hydrogens is 440 g/mol. The SMILES string of the molecule is O=C(Nc1cccc(-c2nc3ccccc3o2)c1)c1cc(C2CC2)n(C2CCS(=O)(=O)C2)n1. The van der Waals surface area contributed by atoms with Crippen molar-refractivity contribution in [2.24, 2.45) is 0 Å². The summed E-state index contributed by atoms with van der Waals surface area (Å²) in [6, 6.07) is 16.5. The van der Waals surface area contributed by atoms with E-state index in [2.05, 4.69) is 15.4 Å². The summed E-state index contributed by atoms with van der Waals surface area (Å²) in [6.45, 7) is 0. The van der Waals surface area contributed by atoms with Crippen molar-refractivity contribution in [2.75, 3.05) is 16.8 Å². The second kappa shape index (κ2) is 7.55. The monoisotopic (exact) mass is 462 g/mol. The summed E-state index contributed by atoms with van der Waals surface area (Å²) in [5.74, 6) is 0.763. The molecule has 1 amide bonds. The van der Waals surface area contributed by atoms with Crippen LogP contribution in [0.15, 0.2) is 59.0 Å². The molecule has 1 N–H and O–H groups in total. The van der Waals surface area contributed by atoms with Gasteiger partial charge in [-0.1, -0.05) is 18.2 Å². The molecular formula is C24H22N4O4S. The van der Waals surface area contributed by atoms with Crippen molar-refractivity contribution < 1.29 is 17.6 Å². The Bertz CT molecular complexity index is 1450. The van der Waals surface area contributed by atoms with Crippen LogP contribution in [0.2, 0.25) is 0 Å². The third kappa shape index (κ3) is 3.93. The molecule has 2 aromatic carbocycles. The van der Waals surface area contributed by atoms with E-state index < -0.39 is 9.84 Å². The second-order valence-corrected chi connectivity index (χ2v) is 11.0. The van der Waals surface area contributed by atoms with Gasteiger partial charge in [-0.15, -0.1) is 0 Å². The number of anilines is 1. The molecule has 6 rings (SSSR count). The Morgan fingerprint density at radius 1 is 1.06 bits per heavy atom. The third-order valence-corrected chi connectivity index (χ3v) is 7.96. The topological polar surface area (TPSA) is 107 Å². The number of amides is 1. The maximum atomic E-state index is 13.0. The van der Waals surface area contributed by atoms with Gasteiger partial charge in [0.25, 0.3) is 5.91 Å². The average molecular weight is 463 g/mol. The highest BCUT2D eigenvalue weighted by Gasteiger charge is 2.36. The van der Waals surface area contributed by atoms with Crippen LogP contribution in [0, 0.1) is 0 Å². The first-order chi connectivity index (χ1) is 15.9. The second-order valence-electron chi connectivity index (χ2n) is 8.75. The van der Waals surface area contributed by atoms with E-state index >= 15 is 0 Å². The van der Waals surface area contributed by atoms with E-state index in [1.165, 1.54) is 0 Å². The number of carbonyl (C=O) groups is 1. The number of hydrogen-bond donors (Lipinski definition) is 1. The predicted molar refractivity (Wildman–Crippen MR) is 124 cm³/mol. The van der Waals surface area contributed by atoms with Crippen molar-refractivity contribution in [1.29, 1.82) is 0 Å². The Balaban J connectivity index is 1.26. The molecule has 0 bridgehead atoms. The first-order valence-electron chi connectivity index (χ1n) is 11.0. The predicted octanol–water partition coefficient (Wildman–Crippen LogP) is 4.18. The summed E-state index contributed by atoms with van der Waals surface area (Å²) in [6.07, 6.45) is 2.62. The maximum absolute atomic E-state index is 13.0. The third-order valence-electron chi connectivity index (χ3n) is 6.21. The molecule has 0 radical (unpaired) electrons. The van der Waals surface area contributed by atoms with E-state index in [0.29, 0.717) is 35.2 Å². The molecule has 1 saturated heterocycles. The largest absolute Gasteiger partial charge is 0.436 e. The van der Waals surface area contributed by atoms with Crippen LogP contribution >= 0.6 is 0 Å². The molecule has 1 aliphatic heterocycles. The van der Waals surface area contributed by atoms with Gasteiger partial charge in [0.1, 0.15) is 5.52 Å². The van der Waals surface area contributed by atoms with Crippen LogP contribution in [0.1, 0.15) is 47.4 Å². The van der Waals surface area contributed by atoms with Crippen LogP contribution in [-0.2, 0) is 9.84 Å². The quantitative estimate of drug-likeness (QED) is 0.477. The molecule has 2 aliphatic rings. The first-order valence-corrected chi connectivity index (χ1v) is 12.8. The number of para-hydroxylation sites is 2. The molecule has 1 aliphatic carbocycles. The van der Waals surface area contributed by atoms with Gasteiger partial charge in [-0.25, -0.2) is 13.4 Å². The van der Waals surface area contributed by atoms with E-state index in [-0.39, 0.29) is 23.5 Å². The van der Waals surface area contributed by atoms with Gasteiger partial charge in [-0.05, 0) is 55.7 Å². The Morgan fingerprint density at radius 2 is 1.91 bits per heavy atom. The summed E-state index contributed by atoms with van der Waals surface area (Å²) in [5.41, 5.74) is 4.09. The van der Waals surface area contributed by atoms with Crippen LogP contribution in [0.3, 0.4) is 0 Å². The smallest absolute Gasteiger partial charge is 0.276 e. The number of nitrogens with one attached hydrogen (secondary N) is 1. The fraction of sp³-hybridized carbons (Fsp3) is 0.292. The van der Waals surface area contributed by atoms with E-state index in [9.17, 15) is 13.2 Å². The molecule has 2 aromatic heterocycles. The van der Waals surface area contributed by atoms with Crippen LogP contribution in [-0.4, -0.2) is 40.6 Å². The molecule has 9 heteroatoms. The molecule has 33 heavy (non-hydrogen) atoms. The van der Waals surface area contributed by atoms with Gasteiger partial charge in [0, 0.05) is 22.9 Å². The lowest BCUT2D eigenvalue weighted by Gasteiger charge is -2.12. The minimum absolute atomic E-state index is 0.0853. The number of aromatic nitrogens is 3. The van der Waals surface area contributed by atoms with Crippen LogP contribution in [0.25, 0.3) is 22.6 Å². The highest BCUT2D eigenvalue weighted by atomic mass is 32.2. The van der Waals surface area contributed by atoms with Gasteiger partial charge < -0.3 is 9.73 Å². The van der Waals surface area contributed by atoms with Gasteiger partial charge in [0.05, 0.1) is 17.5 Å². The Labute approximate surface area is 190 Å². The van der Waals surface area contributed by atoms with Crippen molar-refractivity contribution >= 4 is 32.5 Å². The van der Waals surface area contributed by atoms with E-state index in [0.717, 1.165) is 29.6 Å². The maximum Gasteiger partial charge on any atom is 0.276 e. The summed E-state index contributed by atoms with van der Waals surface area (Å²) in [7, 11) is -3.04. The fourth-order valence-electron chi connectivity index (χ4n) is 4.39. The van der Waals surface area contributed by atoms with E-state index in [1.54, 1.807) is 10.7 Å². The van der Waals surface area contributed by atoms with E-state index in [1.807, 2.05) is 48.5 Å². The zero-order valence-corrected chi connectivity index (χ0v) is 18.6. The standard InChI is InChI=1S/C24H22N4O4S/c29-23(20-13-21(15-8-9-15)28(27-20)18-10-11-33(30,31)14-18)25-17-5-3-4-16(12-17)24-26-19-6-1-2-7-22(19)32-24/h1-7,12-13,15,18H,8-11,14H2,(H,25,29). The lowest BCUT2D eigenvalue weighted by atomic mass is 10.2. The lowest BCUT2D eigenvalue weighted by Crippen LogP contribution is -2.17. The molecule has 1 unspecified atom stereocenters. The number of carbonyl (C=O) groups excluding carboxylic acids is 1. The molecule has 0 spiro atoms. The molecule has 2 fully saturated rings. The molecule has 168 valence electrons. The number of oxazole rings is 1. The van der Waals surface area contributed by atoms with Gasteiger partial charge in [-0.3, -0.25) is 9.48 Å². The molecule has 4 aromatic rings. The summed E-state index contributed by atoms with van der Waals surface area (Å²) in [5, 5.41) is 7.44. The molecule has 3 heterocycles. The number of nitrogens with zero attached hydrogens (tertiary/aromatic N) is 3. The van der Waals surface area contributed by atoms with Crippen LogP contribution in [0.4, 0.5) is 5.69 Å². The highest BCUT2D eigenvalue weighted by Crippen LogP contribution is 2.42. The van der Waals surface area contributed by atoms with E-state index in [4.69, 9.17) is 4.42 Å². The van der Waals surface area contributed by atoms with Crippen molar-refractivity contribution in [3.8, 4) is 11.5 Å². The minimum Gasteiger partial charge on any atom is -0.436 e. The van der Waals surface area contributed by atoms with Gasteiger partial charge >= 0.3 is 0 Å². The molecule has 8 nitrogen and oxygen atoms in total. The fourth-order valence-corrected chi connectivity index (χ4v) is 6.08. The summed E-state index contributed by atoms with van der Waals surface area (Å²) < 4.78 is 31.6. The first kappa shape index (κ1) is 20.2. The summed E-state index contributed by atoms with van der Waals surface area (Å²) >= 11 is 0. The van der Waals surface area contributed by atoms with Crippen molar-refractivity contribution in [1.82, 2.24) is 14.8 Å². The Kier molecular flexibility index (Phi) is 4.62.